The van der Waals surface area contributed by atoms with Crippen molar-refractivity contribution in [2.75, 3.05) is 5.32 Å². The van der Waals surface area contributed by atoms with E-state index >= 15 is 0 Å². The Morgan fingerprint density at radius 2 is 2.05 bits per heavy atom. The van der Waals surface area contributed by atoms with Crippen LogP contribution in [0.15, 0.2) is 18.2 Å². The minimum atomic E-state index is -0.428. The van der Waals surface area contributed by atoms with Gasteiger partial charge in [0, 0.05) is 11.1 Å². The van der Waals surface area contributed by atoms with Gasteiger partial charge < -0.3 is 10.1 Å². The van der Waals surface area contributed by atoms with E-state index < -0.39 is 10.5 Å². The summed E-state index contributed by atoms with van der Waals surface area (Å²) in [5.74, 6) is 0. The highest BCUT2D eigenvalue weighted by Crippen LogP contribution is 2.40. The predicted octanol–water partition coefficient (Wildman–Crippen LogP) is 4.01. The third-order valence-electron chi connectivity index (χ3n) is 3.56. The van der Waals surface area contributed by atoms with E-state index in [0.717, 1.165) is 6.42 Å². The van der Waals surface area contributed by atoms with Crippen molar-refractivity contribution < 1.29 is 9.66 Å². The second-order valence-electron chi connectivity index (χ2n) is 6.28. The van der Waals surface area contributed by atoms with Gasteiger partial charge in [0.15, 0.2) is 0 Å². The molecule has 1 aliphatic heterocycles. The Kier molecular flexibility index (Phi) is 3.69. The third-order valence-corrected chi connectivity index (χ3v) is 3.80. The van der Waals surface area contributed by atoms with E-state index in [4.69, 9.17) is 16.3 Å². The first-order chi connectivity index (χ1) is 9.11. The lowest BCUT2D eigenvalue weighted by Crippen LogP contribution is -2.38. The number of ether oxygens (including phenoxy) is 1. The van der Waals surface area contributed by atoms with Crippen LogP contribution in [0.5, 0.6) is 0 Å². The summed E-state index contributed by atoms with van der Waals surface area (Å²) in [4.78, 5) is 10.7. The molecule has 0 radical (unpaired) electrons. The van der Waals surface area contributed by atoms with Crippen LogP contribution in [0.2, 0.25) is 5.02 Å². The molecule has 1 N–H and O–H groups in total. The van der Waals surface area contributed by atoms with Gasteiger partial charge in [-0.15, -0.1) is 0 Å². The summed E-state index contributed by atoms with van der Waals surface area (Å²) >= 11 is 5.82. The van der Waals surface area contributed by atoms with Crippen molar-refractivity contribution in [1.82, 2.24) is 0 Å². The zero-order valence-corrected chi connectivity index (χ0v) is 12.8. The van der Waals surface area contributed by atoms with Gasteiger partial charge in [-0.05, 0) is 46.2 Å². The van der Waals surface area contributed by atoms with E-state index in [1.807, 2.05) is 27.7 Å². The molecule has 1 aromatic carbocycles. The van der Waals surface area contributed by atoms with Crippen molar-refractivity contribution >= 4 is 23.0 Å². The number of nitro groups is 1. The maximum atomic E-state index is 11.1. The van der Waals surface area contributed by atoms with Gasteiger partial charge in [-0.3, -0.25) is 10.1 Å². The highest BCUT2D eigenvalue weighted by Gasteiger charge is 2.46. The summed E-state index contributed by atoms with van der Waals surface area (Å²) in [5.41, 5.74) is -0.184. The molecule has 0 aromatic heterocycles. The average molecular weight is 299 g/mol. The van der Waals surface area contributed by atoms with Crippen LogP contribution < -0.4 is 5.32 Å². The standard InChI is InChI=1S/C14H19ClN2O3/c1-13(2)8-12(14(3,4)20-13)16-10-6-5-9(15)7-11(10)17(18)19/h5-7,12,16H,8H2,1-4H3. The Morgan fingerprint density at radius 1 is 1.40 bits per heavy atom. The molecule has 6 heteroatoms. The van der Waals surface area contributed by atoms with Gasteiger partial charge in [-0.2, -0.15) is 0 Å². The molecule has 1 saturated heterocycles. The Morgan fingerprint density at radius 3 is 2.55 bits per heavy atom. The highest BCUT2D eigenvalue weighted by atomic mass is 35.5. The molecule has 0 amide bonds. The van der Waals surface area contributed by atoms with Crippen LogP contribution in [0.4, 0.5) is 11.4 Å². The molecule has 0 bridgehead atoms. The summed E-state index contributed by atoms with van der Waals surface area (Å²) < 4.78 is 5.99. The Bertz CT molecular complexity index is 543. The molecule has 1 fully saturated rings. The number of anilines is 1. The van der Waals surface area contributed by atoms with Crippen molar-refractivity contribution in [1.29, 1.82) is 0 Å². The van der Waals surface area contributed by atoms with E-state index in [9.17, 15) is 10.1 Å². The minimum absolute atomic E-state index is 0.00243. The van der Waals surface area contributed by atoms with E-state index in [0.29, 0.717) is 10.7 Å². The quantitative estimate of drug-likeness (QED) is 0.676. The number of nitrogens with zero attached hydrogens (tertiary/aromatic N) is 1. The van der Waals surface area contributed by atoms with Crippen LogP contribution >= 0.6 is 11.6 Å². The van der Waals surface area contributed by atoms with Crippen LogP contribution in [0.25, 0.3) is 0 Å². The maximum absolute atomic E-state index is 11.1. The fourth-order valence-electron chi connectivity index (χ4n) is 2.75. The fourth-order valence-corrected chi connectivity index (χ4v) is 2.92. The molecule has 1 unspecified atom stereocenters. The van der Waals surface area contributed by atoms with Crippen molar-refractivity contribution in [3.05, 3.63) is 33.3 Å². The molecule has 0 aliphatic carbocycles. The number of rotatable bonds is 3. The number of hydrogen-bond acceptors (Lipinski definition) is 4. The molecule has 0 spiro atoms. The second kappa shape index (κ2) is 4.90. The van der Waals surface area contributed by atoms with Crippen molar-refractivity contribution in [3.63, 3.8) is 0 Å². The largest absolute Gasteiger partial charge is 0.374 e. The minimum Gasteiger partial charge on any atom is -0.374 e. The third kappa shape index (κ3) is 3.04. The van der Waals surface area contributed by atoms with Crippen LogP contribution in [-0.4, -0.2) is 22.2 Å². The number of nitro benzene ring substituents is 1. The van der Waals surface area contributed by atoms with Crippen molar-refractivity contribution in [2.45, 2.75) is 51.4 Å². The second-order valence-corrected chi connectivity index (χ2v) is 6.72. The molecule has 5 nitrogen and oxygen atoms in total. The van der Waals surface area contributed by atoms with Crippen LogP contribution in [0.3, 0.4) is 0 Å². The average Bonchev–Trinajstić information content (AvgIpc) is 2.48. The molecule has 1 atom stereocenters. The van der Waals surface area contributed by atoms with Gasteiger partial charge in [-0.1, -0.05) is 11.6 Å². The molecule has 2 rings (SSSR count). The molecular formula is C14H19ClN2O3. The van der Waals surface area contributed by atoms with Crippen molar-refractivity contribution in [3.8, 4) is 0 Å². The molecule has 0 saturated carbocycles. The molecule has 20 heavy (non-hydrogen) atoms. The monoisotopic (exact) mass is 298 g/mol. The lowest BCUT2D eigenvalue weighted by Gasteiger charge is -2.28. The Hall–Kier alpha value is -1.33. The number of hydrogen-bond donors (Lipinski definition) is 1. The summed E-state index contributed by atoms with van der Waals surface area (Å²) in [6, 6.07) is 4.64. The van der Waals surface area contributed by atoms with Crippen LogP contribution in [0.1, 0.15) is 34.1 Å². The molecule has 110 valence electrons. The topological polar surface area (TPSA) is 64.4 Å². The Labute approximate surface area is 123 Å². The van der Waals surface area contributed by atoms with E-state index in [-0.39, 0.29) is 17.3 Å². The maximum Gasteiger partial charge on any atom is 0.293 e. The number of halogens is 1. The van der Waals surface area contributed by atoms with Gasteiger partial charge >= 0.3 is 0 Å². The van der Waals surface area contributed by atoms with E-state index in [1.165, 1.54) is 6.07 Å². The van der Waals surface area contributed by atoms with Gasteiger partial charge in [0.2, 0.25) is 0 Å². The normalized spacial score (nSPS) is 23.6. The SMILES string of the molecule is CC1(C)CC(Nc2ccc(Cl)cc2[N+](=O)[O-])C(C)(C)O1. The summed E-state index contributed by atoms with van der Waals surface area (Å²) in [7, 11) is 0. The van der Waals surface area contributed by atoms with Gasteiger partial charge in [0.1, 0.15) is 5.69 Å². The highest BCUT2D eigenvalue weighted by molar-refractivity contribution is 6.30. The van der Waals surface area contributed by atoms with E-state index in [1.54, 1.807) is 12.1 Å². The first kappa shape index (κ1) is 15.1. The smallest absolute Gasteiger partial charge is 0.293 e. The lowest BCUT2D eigenvalue weighted by molar-refractivity contribution is -0.384. The molecule has 1 heterocycles. The summed E-state index contributed by atoms with van der Waals surface area (Å²) in [5, 5.41) is 14.7. The van der Waals surface area contributed by atoms with Crippen molar-refractivity contribution in [2.24, 2.45) is 0 Å². The van der Waals surface area contributed by atoms with Crippen LogP contribution in [-0.2, 0) is 4.74 Å². The Balaban J connectivity index is 2.29. The zero-order chi connectivity index (χ0) is 15.1. The predicted molar refractivity (Wildman–Crippen MR) is 79.4 cm³/mol. The number of benzene rings is 1. The molecular weight excluding hydrogens is 280 g/mol. The number of nitrogens with one attached hydrogen (secondary N) is 1. The molecule has 1 aromatic rings. The van der Waals surface area contributed by atoms with Gasteiger partial charge in [0.25, 0.3) is 5.69 Å². The zero-order valence-electron chi connectivity index (χ0n) is 12.1. The summed E-state index contributed by atoms with van der Waals surface area (Å²) in [6.07, 6.45) is 0.778. The first-order valence-electron chi connectivity index (χ1n) is 6.51. The fraction of sp³-hybridized carbons (Fsp3) is 0.571. The van der Waals surface area contributed by atoms with E-state index in [2.05, 4.69) is 5.32 Å². The first-order valence-corrected chi connectivity index (χ1v) is 6.89. The van der Waals surface area contributed by atoms with Crippen LogP contribution in [0, 0.1) is 10.1 Å². The lowest BCUT2D eigenvalue weighted by atomic mass is 9.94. The van der Waals surface area contributed by atoms with Gasteiger partial charge in [0.05, 0.1) is 22.2 Å². The molecule has 1 aliphatic rings. The summed E-state index contributed by atoms with van der Waals surface area (Å²) in [6.45, 7) is 8.02. The van der Waals surface area contributed by atoms with Gasteiger partial charge in [-0.25, -0.2) is 0 Å².